The largest absolute Gasteiger partial charge is 0.331 e. The van der Waals surface area contributed by atoms with Crippen molar-refractivity contribution in [3.05, 3.63) is 26.6 Å². The van der Waals surface area contributed by atoms with Gasteiger partial charge in [0.2, 0.25) is 0 Å². The highest BCUT2D eigenvalue weighted by molar-refractivity contribution is 7.71. The van der Waals surface area contributed by atoms with Crippen LogP contribution in [0, 0.1) is 10.2 Å². The van der Waals surface area contributed by atoms with Crippen LogP contribution in [0.1, 0.15) is 20.8 Å². The van der Waals surface area contributed by atoms with Gasteiger partial charge < -0.3 is 4.98 Å². The molecule has 2 rings (SSSR count). The van der Waals surface area contributed by atoms with Gasteiger partial charge in [-0.05, 0) is 29.1 Å². The standard InChI is InChI=1S/C11H14N2OS2/c1-11(2,3)6-13-9(14)8-7(4-5-16-8)12-10(13)15/h4-5H,6H2,1-3H3,(H,12,15). The lowest BCUT2D eigenvalue weighted by molar-refractivity contribution is 0.335. The molecule has 16 heavy (non-hydrogen) atoms. The third kappa shape index (κ3) is 2.10. The Kier molecular flexibility index (Phi) is 2.75. The van der Waals surface area contributed by atoms with Crippen LogP contribution in [0.5, 0.6) is 0 Å². The number of thiophene rings is 1. The van der Waals surface area contributed by atoms with E-state index in [1.807, 2.05) is 11.4 Å². The van der Waals surface area contributed by atoms with Gasteiger partial charge >= 0.3 is 0 Å². The molecule has 0 amide bonds. The molecule has 2 heterocycles. The van der Waals surface area contributed by atoms with Gasteiger partial charge in [0.1, 0.15) is 4.70 Å². The minimum absolute atomic E-state index is 0.0173. The van der Waals surface area contributed by atoms with Crippen molar-refractivity contribution in [2.75, 3.05) is 0 Å². The molecule has 0 aliphatic heterocycles. The van der Waals surface area contributed by atoms with Gasteiger partial charge in [-0.2, -0.15) is 0 Å². The third-order valence-electron chi connectivity index (χ3n) is 2.22. The summed E-state index contributed by atoms with van der Waals surface area (Å²) < 4.78 is 2.90. The molecule has 0 aliphatic carbocycles. The number of rotatable bonds is 1. The molecule has 1 N–H and O–H groups in total. The molecule has 0 fully saturated rings. The van der Waals surface area contributed by atoms with E-state index in [4.69, 9.17) is 12.2 Å². The zero-order chi connectivity index (χ0) is 11.9. The van der Waals surface area contributed by atoms with Crippen molar-refractivity contribution in [2.45, 2.75) is 27.3 Å². The van der Waals surface area contributed by atoms with E-state index in [1.54, 1.807) is 4.57 Å². The molecule has 0 spiro atoms. The molecule has 0 atom stereocenters. The van der Waals surface area contributed by atoms with Crippen LogP contribution in [0.2, 0.25) is 0 Å². The van der Waals surface area contributed by atoms with E-state index in [2.05, 4.69) is 25.8 Å². The van der Waals surface area contributed by atoms with Gasteiger partial charge in [-0.15, -0.1) is 11.3 Å². The fourth-order valence-electron chi connectivity index (χ4n) is 1.59. The van der Waals surface area contributed by atoms with Crippen LogP contribution in [0.15, 0.2) is 16.2 Å². The molecular formula is C11H14N2OS2. The van der Waals surface area contributed by atoms with Crippen LogP contribution in [0.3, 0.4) is 0 Å². The lowest BCUT2D eigenvalue weighted by Gasteiger charge is -2.19. The molecule has 3 nitrogen and oxygen atoms in total. The summed E-state index contributed by atoms with van der Waals surface area (Å²) in [5.74, 6) is 0. The highest BCUT2D eigenvalue weighted by atomic mass is 32.1. The predicted molar refractivity (Wildman–Crippen MR) is 70.7 cm³/mol. The summed E-state index contributed by atoms with van der Waals surface area (Å²) in [6, 6.07) is 1.89. The summed E-state index contributed by atoms with van der Waals surface area (Å²) in [4.78, 5) is 15.3. The number of nitrogens with one attached hydrogen (secondary N) is 1. The first-order valence-corrected chi connectivity index (χ1v) is 6.37. The fraction of sp³-hybridized carbons (Fsp3) is 0.455. The Labute approximate surface area is 103 Å². The van der Waals surface area contributed by atoms with Crippen molar-refractivity contribution in [1.29, 1.82) is 0 Å². The first kappa shape index (κ1) is 11.5. The zero-order valence-corrected chi connectivity index (χ0v) is 11.2. The minimum atomic E-state index is 0.0173. The van der Waals surface area contributed by atoms with E-state index >= 15 is 0 Å². The molecule has 2 aromatic rings. The summed E-state index contributed by atoms with van der Waals surface area (Å²) in [6.45, 7) is 6.90. The van der Waals surface area contributed by atoms with Crippen molar-refractivity contribution in [2.24, 2.45) is 5.41 Å². The number of hydrogen-bond donors (Lipinski definition) is 1. The van der Waals surface area contributed by atoms with Crippen LogP contribution >= 0.6 is 23.6 Å². The van der Waals surface area contributed by atoms with Crippen LogP contribution in [-0.4, -0.2) is 9.55 Å². The highest BCUT2D eigenvalue weighted by Crippen LogP contribution is 2.18. The minimum Gasteiger partial charge on any atom is -0.331 e. The first-order valence-electron chi connectivity index (χ1n) is 5.09. The molecule has 0 aliphatic rings. The van der Waals surface area contributed by atoms with Gasteiger partial charge in [0.15, 0.2) is 4.77 Å². The monoisotopic (exact) mass is 254 g/mol. The number of nitrogens with zero attached hydrogens (tertiary/aromatic N) is 1. The lowest BCUT2D eigenvalue weighted by atomic mass is 9.97. The number of aromatic nitrogens is 2. The molecule has 0 saturated heterocycles. The van der Waals surface area contributed by atoms with Crippen molar-refractivity contribution < 1.29 is 0 Å². The van der Waals surface area contributed by atoms with E-state index in [0.717, 1.165) is 10.2 Å². The summed E-state index contributed by atoms with van der Waals surface area (Å²) in [5.41, 5.74) is 0.893. The Morgan fingerprint density at radius 1 is 1.50 bits per heavy atom. The quantitative estimate of drug-likeness (QED) is 0.794. The van der Waals surface area contributed by atoms with E-state index in [9.17, 15) is 4.79 Å². The van der Waals surface area contributed by atoms with E-state index in [1.165, 1.54) is 11.3 Å². The normalized spacial score (nSPS) is 12.2. The van der Waals surface area contributed by atoms with Gasteiger partial charge in [-0.1, -0.05) is 20.8 Å². The summed E-state index contributed by atoms with van der Waals surface area (Å²) in [6.07, 6.45) is 0. The predicted octanol–water partition coefficient (Wildman–Crippen LogP) is 3.17. The number of fused-ring (bicyclic) bond motifs is 1. The third-order valence-corrected chi connectivity index (χ3v) is 3.45. The molecule has 2 aromatic heterocycles. The Morgan fingerprint density at radius 2 is 2.19 bits per heavy atom. The van der Waals surface area contributed by atoms with Gasteiger partial charge in [0.05, 0.1) is 5.52 Å². The van der Waals surface area contributed by atoms with Gasteiger partial charge in [0, 0.05) is 6.54 Å². The van der Waals surface area contributed by atoms with E-state index in [0.29, 0.717) is 11.3 Å². The molecule has 0 saturated carbocycles. The SMILES string of the molecule is CC(C)(C)Cn1c(=S)[nH]c2ccsc2c1=O. The Balaban J connectivity index is 2.70. The topological polar surface area (TPSA) is 37.8 Å². The Morgan fingerprint density at radius 3 is 2.81 bits per heavy atom. The van der Waals surface area contributed by atoms with Gasteiger partial charge in [-0.3, -0.25) is 9.36 Å². The molecule has 0 aromatic carbocycles. The van der Waals surface area contributed by atoms with Crippen LogP contribution < -0.4 is 5.56 Å². The van der Waals surface area contributed by atoms with Crippen LogP contribution in [-0.2, 0) is 6.54 Å². The van der Waals surface area contributed by atoms with Crippen molar-refractivity contribution in [1.82, 2.24) is 9.55 Å². The first-order chi connectivity index (χ1) is 7.38. The number of aromatic amines is 1. The van der Waals surface area contributed by atoms with Crippen LogP contribution in [0.25, 0.3) is 10.2 Å². The maximum Gasteiger partial charge on any atom is 0.272 e. The molecule has 86 valence electrons. The van der Waals surface area contributed by atoms with Gasteiger partial charge in [0.25, 0.3) is 5.56 Å². The Bertz CT molecular complexity index is 628. The smallest absolute Gasteiger partial charge is 0.272 e. The molecule has 0 bridgehead atoms. The average Bonchev–Trinajstić information content (AvgIpc) is 2.58. The second-order valence-electron chi connectivity index (χ2n) is 5.05. The zero-order valence-electron chi connectivity index (χ0n) is 9.53. The summed E-state index contributed by atoms with van der Waals surface area (Å²) >= 11 is 6.66. The van der Waals surface area contributed by atoms with E-state index < -0.39 is 0 Å². The Hall–Kier alpha value is -0.940. The molecule has 5 heteroatoms. The fourth-order valence-corrected chi connectivity index (χ4v) is 2.64. The van der Waals surface area contributed by atoms with Crippen LogP contribution in [0.4, 0.5) is 0 Å². The lowest BCUT2D eigenvalue weighted by Crippen LogP contribution is -2.27. The maximum atomic E-state index is 12.2. The van der Waals surface area contributed by atoms with Crippen molar-refractivity contribution in [3.63, 3.8) is 0 Å². The van der Waals surface area contributed by atoms with Gasteiger partial charge in [-0.25, -0.2) is 0 Å². The highest BCUT2D eigenvalue weighted by Gasteiger charge is 2.15. The van der Waals surface area contributed by atoms with Crippen molar-refractivity contribution in [3.8, 4) is 0 Å². The maximum absolute atomic E-state index is 12.2. The molecule has 0 unspecified atom stereocenters. The number of hydrogen-bond acceptors (Lipinski definition) is 3. The summed E-state index contributed by atoms with van der Waals surface area (Å²) in [7, 11) is 0. The number of H-pyrrole nitrogens is 1. The summed E-state index contributed by atoms with van der Waals surface area (Å²) in [5, 5.41) is 1.90. The molecular weight excluding hydrogens is 240 g/mol. The second kappa shape index (κ2) is 3.82. The average molecular weight is 254 g/mol. The van der Waals surface area contributed by atoms with E-state index in [-0.39, 0.29) is 11.0 Å². The second-order valence-corrected chi connectivity index (χ2v) is 6.35. The van der Waals surface area contributed by atoms with Crippen molar-refractivity contribution >= 4 is 33.8 Å². The molecule has 0 radical (unpaired) electrons.